The number of nitrogens with one attached hydrogen (secondary N) is 1. The lowest BCUT2D eigenvalue weighted by atomic mass is 10.0. The second-order valence-corrected chi connectivity index (χ2v) is 7.64. The van der Waals surface area contributed by atoms with Crippen LogP contribution in [0.5, 0.6) is 17.2 Å². The van der Waals surface area contributed by atoms with Gasteiger partial charge >= 0.3 is 0 Å². The van der Waals surface area contributed by atoms with Gasteiger partial charge in [0.15, 0.2) is 11.5 Å². The van der Waals surface area contributed by atoms with Crippen LogP contribution in [-0.4, -0.2) is 30.6 Å². The number of allylic oxidation sites excluding steroid dienone is 1. The van der Waals surface area contributed by atoms with Gasteiger partial charge in [-0.1, -0.05) is 12.1 Å². The molecule has 146 valence electrons. The molecule has 5 heteroatoms. The topological polar surface area (TPSA) is 60.2 Å². The first-order valence-electron chi connectivity index (χ1n) is 9.84. The predicted molar refractivity (Wildman–Crippen MR) is 107 cm³/mol. The lowest BCUT2D eigenvalue weighted by molar-refractivity contribution is -0.941. The molecular formula is C23H26NO4+. The van der Waals surface area contributed by atoms with Crippen molar-refractivity contribution in [3.8, 4) is 17.2 Å². The van der Waals surface area contributed by atoms with Gasteiger partial charge in [-0.15, -0.1) is 0 Å². The summed E-state index contributed by atoms with van der Waals surface area (Å²) in [4.78, 5) is 14.3. The Labute approximate surface area is 165 Å². The van der Waals surface area contributed by atoms with E-state index >= 15 is 0 Å². The number of phenolic OH excluding ortho intramolecular Hbond substituents is 1. The number of carbonyl (C=O) groups is 1. The number of carbonyl (C=O) groups excluding carboxylic acids is 1. The summed E-state index contributed by atoms with van der Waals surface area (Å²) in [5.41, 5.74) is 2.08. The van der Waals surface area contributed by atoms with E-state index in [1.807, 2.05) is 24.3 Å². The van der Waals surface area contributed by atoms with E-state index in [1.54, 1.807) is 25.3 Å². The Hall–Kier alpha value is -2.79. The van der Waals surface area contributed by atoms with Gasteiger partial charge in [-0.3, -0.25) is 4.79 Å². The molecule has 2 aliphatic heterocycles. The fourth-order valence-electron chi connectivity index (χ4n) is 4.09. The Morgan fingerprint density at radius 3 is 2.93 bits per heavy atom. The number of methoxy groups -OCH3 is 1. The summed E-state index contributed by atoms with van der Waals surface area (Å²) in [7, 11) is 1.61. The van der Waals surface area contributed by atoms with Crippen LogP contribution in [0, 0.1) is 0 Å². The van der Waals surface area contributed by atoms with Crippen LogP contribution >= 0.6 is 0 Å². The number of fused-ring (bicyclic) bond motifs is 1. The van der Waals surface area contributed by atoms with E-state index in [9.17, 15) is 9.90 Å². The van der Waals surface area contributed by atoms with Gasteiger partial charge in [-0.25, -0.2) is 0 Å². The van der Waals surface area contributed by atoms with Crippen molar-refractivity contribution < 1.29 is 24.3 Å². The summed E-state index contributed by atoms with van der Waals surface area (Å²) in [5.74, 6) is 1.54. The molecule has 4 rings (SSSR count). The molecule has 0 radical (unpaired) electrons. The van der Waals surface area contributed by atoms with Crippen molar-refractivity contribution in [2.45, 2.75) is 38.8 Å². The van der Waals surface area contributed by atoms with Crippen LogP contribution in [0.15, 0.2) is 42.2 Å². The minimum absolute atomic E-state index is 0.152. The van der Waals surface area contributed by atoms with Gasteiger partial charge in [0, 0.05) is 0 Å². The Morgan fingerprint density at radius 2 is 2.14 bits per heavy atom. The molecule has 5 nitrogen and oxygen atoms in total. The number of likely N-dealkylation sites (tertiary alicyclic amines) is 1. The van der Waals surface area contributed by atoms with Crippen LogP contribution in [0.25, 0.3) is 6.08 Å². The minimum atomic E-state index is -0.152. The molecule has 2 aromatic rings. The summed E-state index contributed by atoms with van der Waals surface area (Å²) in [5, 5.41) is 10.5. The summed E-state index contributed by atoms with van der Waals surface area (Å²) >= 11 is 0. The standard InChI is InChI=1S/C23H25NO4/c1-15-6-3-4-11-24(15)14-19-20(25)10-9-18-22(26)21(28-23(18)19)13-16-7-5-8-17(12-16)27-2/h5,7-10,12-13,15,25H,3-4,6,11,14H2,1-2H3/p+1/b21-13-/t15-/m0/s1. The normalized spacial score (nSPS) is 22.8. The minimum Gasteiger partial charge on any atom is -0.507 e. The molecule has 0 bridgehead atoms. The van der Waals surface area contributed by atoms with E-state index in [-0.39, 0.29) is 17.3 Å². The van der Waals surface area contributed by atoms with Gasteiger partial charge in [0.05, 0.1) is 30.8 Å². The number of phenols is 1. The Kier molecular flexibility index (Phi) is 5.09. The molecule has 2 N–H and O–H groups in total. The molecule has 0 amide bonds. The number of ketones is 1. The first kappa shape index (κ1) is 18.6. The number of piperidine rings is 1. The molecule has 0 saturated carbocycles. The maximum Gasteiger partial charge on any atom is 0.231 e. The van der Waals surface area contributed by atoms with E-state index in [0.717, 1.165) is 23.4 Å². The van der Waals surface area contributed by atoms with Crippen molar-refractivity contribution in [3.63, 3.8) is 0 Å². The quantitative estimate of drug-likeness (QED) is 0.801. The Morgan fingerprint density at radius 1 is 1.29 bits per heavy atom. The fourth-order valence-corrected chi connectivity index (χ4v) is 4.09. The van der Waals surface area contributed by atoms with Crippen LogP contribution in [-0.2, 0) is 6.54 Å². The number of benzene rings is 2. The van der Waals surface area contributed by atoms with Crippen molar-refractivity contribution in [1.82, 2.24) is 0 Å². The number of hydrogen-bond acceptors (Lipinski definition) is 4. The third kappa shape index (κ3) is 3.50. The highest BCUT2D eigenvalue weighted by molar-refractivity contribution is 6.15. The SMILES string of the molecule is COc1cccc(/C=C2\Oc3c(ccc(O)c3C[NH+]3CCCC[C@@H]3C)C2=O)c1. The maximum atomic E-state index is 12.9. The molecule has 0 spiro atoms. The molecule has 28 heavy (non-hydrogen) atoms. The second kappa shape index (κ2) is 7.68. The maximum absolute atomic E-state index is 12.9. The molecule has 2 aromatic carbocycles. The van der Waals surface area contributed by atoms with Crippen LogP contribution < -0.4 is 14.4 Å². The summed E-state index contributed by atoms with van der Waals surface area (Å²) < 4.78 is 11.2. The zero-order chi connectivity index (χ0) is 19.7. The van der Waals surface area contributed by atoms with E-state index in [4.69, 9.17) is 9.47 Å². The Bertz CT molecular complexity index is 934. The number of hydrogen-bond donors (Lipinski definition) is 2. The number of ether oxygens (including phenoxy) is 2. The molecule has 1 saturated heterocycles. The van der Waals surface area contributed by atoms with Crippen molar-refractivity contribution in [2.24, 2.45) is 0 Å². The summed E-state index contributed by atoms with van der Waals surface area (Å²) in [6, 6.07) is 11.3. The van der Waals surface area contributed by atoms with Crippen LogP contribution in [0.4, 0.5) is 0 Å². The van der Waals surface area contributed by atoms with E-state index < -0.39 is 0 Å². The number of aromatic hydroxyl groups is 1. The lowest BCUT2D eigenvalue weighted by Crippen LogP contribution is -3.14. The fraction of sp³-hybridized carbons (Fsp3) is 0.348. The van der Waals surface area contributed by atoms with Gasteiger partial charge in [0.25, 0.3) is 0 Å². The molecule has 1 unspecified atom stereocenters. The zero-order valence-electron chi connectivity index (χ0n) is 16.3. The summed E-state index contributed by atoms with van der Waals surface area (Å²) in [6.07, 6.45) is 5.36. The highest BCUT2D eigenvalue weighted by atomic mass is 16.5. The number of Topliss-reactive ketones (excluding diaryl/α,β-unsaturated/α-hetero) is 1. The molecular weight excluding hydrogens is 354 g/mol. The highest BCUT2D eigenvalue weighted by Crippen LogP contribution is 2.39. The number of quaternary nitrogens is 1. The van der Waals surface area contributed by atoms with Gasteiger partial charge < -0.3 is 19.5 Å². The highest BCUT2D eigenvalue weighted by Gasteiger charge is 2.33. The van der Waals surface area contributed by atoms with E-state index in [2.05, 4.69) is 6.92 Å². The predicted octanol–water partition coefficient (Wildman–Crippen LogP) is 2.97. The van der Waals surface area contributed by atoms with E-state index in [0.29, 0.717) is 23.9 Å². The molecule has 0 aromatic heterocycles. The zero-order valence-corrected chi connectivity index (χ0v) is 16.3. The van der Waals surface area contributed by atoms with Crippen LogP contribution in [0.2, 0.25) is 0 Å². The van der Waals surface area contributed by atoms with Gasteiger partial charge in [-0.05, 0) is 62.1 Å². The first-order chi connectivity index (χ1) is 13.6. The third-order valence-corrected chi connectivity index (χ3v) is 5.79. The molecule has 0 aliphatic carbocycles. The van der Waals surface area contributed by atoms with Crippen molar-refractivity contribution in [1.29, 1.82) is 0 Å². The molecule has 2 atom stereocenters. The molecule has 2 heterocycles. The number of rotatable bonds is 4. The molecule has 2 aliphatic rings. The average molecular weight is 380 g/mol. The summed E-state index contributed by atoms with van der Waals surface area (Å²) in [6.45, 7) is 3.98. The van der Waals surface area contributed by atoms with Crippen molar-refractivity contribution in [2.75, 3.05) is 13.7 Å². The molecule has 1 fully saturated rings. The van der Waals surface area contributed by atoms with Crippen LogP contribution in [0.1, 0.15) is 47.7 Å². The largest absolute Gasteiger partial charge is 0.507 e. The van der Waals surface area contributed by atoms with Crippen molar-refractivity contribution in [3.05, 3.63) is 58.8 Å². The first-order valence-corrected chi connectivity index (χ1v) is 9.84. The van der Waals surface area contributed by atoms with Crippen molar-refractivity contribution >= 4 is 11.9 Å². The van der Waals surface area contributed by atoms with E-state index in [1.165, 1.54) is 24.2 Å². The van der Waals surface area contributed by atoms with Gasteiger partial charge in [0.2, 0.25) is 5.78 Å². The second-order valence-electron chi connectivity index (χ2n) is 7.64. The smallest absolute Gasteiger partial charge is 0.231 e. The monoisotopic (exact) mass is 380 g/mol. The lowest BCUT2D eigenvalue weighted by Gasteiger charge is -2.30. The third-order valence-electron chi connectivity index (χ3n) is 5.79. The van der Waals surface area contributed by atoms with Crippen LogP contribution in [0.3, 0.4) is 0 Å². The van der Waals surface area contributed by atoms with Gasteiger partial charge in [0.1, 0.15) is 18.0 Å². The average Bonchev–Trinajstić information content (AvgIpc) is 3.01. The van der Waals surface area contributed by atoms with Gasteiger partial charge in [-0.2, -0.15) is 0 Å². The Balaban J connectivity index is 1.65.